The molecule has 8 nitrogen and oxygen atoms in total. The first-order valence-electron chi connectivity index (χ1n) is 10.3. The van der Waals surface area contributed by atoms with Gasteiger partial charge in [-0.2, -0.15) is 4.98 Å². The van der Waals surface area contributed by atoms with Crippen molar-refractivity contribution >= 4 is 22.8 Å². The van der Waals surface area contributed by atoms with Gasteiger partial charge in [0.25, 0.3) is 0 Å². The predicted molar refractivity (Wildman–Crippen MR) is 125 cm³/mol. The molecule has 170 valence electrons. The van der Waals surface area contributed by atoms with E-state index in [-0.39, 0.29) is 28.7 Å². The molecular weight excluding hydrogens is 440 g/mol. The lowest BCUT2D eigenvalue weighted by Gasteiger charge is -2.09. The van der Waals surface area contributed by atoms with Crippen molar-refractivity contribution in [1.29, 1.82) is 0 Å². The first kappa shape index (κ1) is 21.3. The smallest absolute Gasteiger partial charge is 0.225 e. The van der Waals surface area contributed by atoms with E-state index in [1.54, 1.807) is 43.8 Å². The van der Waals surface area contributed by atoms with Gasteiger partial charge in [-0.25, -0.2) is 18.4 Å². The van der Waals surface area contributed by atoms with Gasteiger partial charge in [0.2, 0.25) is 5.95 Å². The molecule has 0 amide bonds. The lowest BCUT2D eigenvalue weighted by molar-refractivity contribution is 0.414. The number of nitrogens with two attached hydrogens (primary N) is 1. The maximum absolute atomic E-state index is 14.8. The minimum Gasteiger partial charge on any atom is -0.497 e. The fraction of sp³-hybridized carbons (Fsp3) is 0.0833. The molecule has 0 bridgehead atoms. The monoisotopic (exact) mass is 459 g/mol. The van der Waals surface area contributed by atoms with E-state index < -0.39 is 11.6 Å². The number of benzene rings is 2. The number of ether oxygens (including phenoxy) is 1. The van der Waals surface area contributed by atoms with Crippen molar-refractivity contribution in [2.24, 2.45) is 0 Å². The molecule has 0 aliphatic rings. The summed E-state index contributed by atoms with van der Waals surface area (Å²) in [5, 5.41) is 7.93. The quantitative estimate of drug-likeness (QED) is 0.389. The number of nitrogens with zero attached hydrogens (tertiary/aromatic N) is 5. The second-order valence-electron chi connectivity index (χ2n) is 7.41. The van der Waals surface area contributed by atoms with Crippen molar-refractivity contribution in [2.45, 2.75) is 6.54 Å². The van der Waals surface area contributed by atoms with Gasteiger partial charge in [0, 0.05) is 24.5 Å². The molecule has 3 heterocycles. The maximum Gasteiger partial charge on any atom is 0.225 e. The number of fused-ring (bicyclic) bond motifs is 1. The van der Waals surface area contributed by atoms with Crippen LogP contribution < -0.4 is 15.8 Å². The second-order valence-corrected chi connectivity index (χ2v) is 7.41. The fourth-order valence-corrected chi connectivity index (χ4v) is 3.58. The Morgan fingerprint density at radius 2 is 1.85 bits per heavy atom. The molecule has 0 aliphatic heterocycles. The van der Waals surface area contributed by atoms with Gasteiger partial charge >= 0.3 is 0 Å². The van der Waals surface area contributed by atoms with E-state index in [4.69, 9.17) is 10.5 Å². The summed E-state index contributed by atoms with van der Waals surface area (Å²) in [6, 6.07) is 14.7. The lowest BCUT2D eigenvalue weighted by Crippen LogP contribution is -2.06. The second kappa shape index (κ2) is 8.74. The summed E-state index contributed by atoms with van der Waals surface area (Å²) < 4.78 is 35.5. The van der Waals surface area contributed by atoms with Gasteiger partial charge < -0.3 is 15.8 Å². The largest absolute Gasteiger partial charge is 0.497 e. The third-order valence-corrected chi connectivity index (χ3v) is 5.27. The molecule has 0 unspecified atom stereocenters. The Balaban J connectivity index is 1.67. The zero-order valence-corrected chi connectivity index (χ0v) is 18.0. The molecule has 5 rings (SSSR count). The molecule has 0 saturated carbocycles. The molecule has 0 saturated heterocycles. The number of nitrogens with one attached hydrogen (secondary N) is 1. The lowest BCUT2D eigenvalue weighted by atomic mass is 10.1. The topological polar surface area (TPSA) is 104 Å². The molecule has 2 aromatic carbocycles. The van der Waals surface area contributed by atoms with Crippen LogP contribution in [0.5, 0.6) is 5.75 Å². The number of rotatable bonds is 6. The number of aromatic nitrogens is 5. The number of anilines is 2. The molecule has 3 aromatic heterocycles. The fourth-order valence-electron chi connectivity index (χ4n) is 3.58. The molecule has 3 N–H and O–H groups in total. The number of methoxy groups -OCH3 is 1. The summed E-state index contributed by atoms with van der Waals surface area (Å²) in [7, 11) is 1.57. The number of hydrogen-bond acceptors (Lipinski definition) is 7. The third-order valence-electron chi connectivity index (χ3n) is 5.27. The number of nitrogen functional groups attached to an aromatic ring is 1. The SMILES string of the molecule is COc1ccc(-n2nc3nc(NCc4cccnc4)nc(-c4cccc(F)c4F)c3c2N)cc1. The van der Waals surface area contributed by atoms with Crippen LogP contribution in [0.2, 0.25) is 0 Å². The van der Waals surface area contributed by atoms with Crippen LogP contribution in [0.3, 0.4) is 0 Å². The normalized spacial score (nSPS) is 11.0. The maximum atomic E-state index is 14.8. The van der Waals surface area contributed by atoms with Crippen LogP contribution >= 0.6 is 0 Å². The van der Waals surface area contributed by atoms with Gasteiger partial charge in [-0.15, -0.1) is 5.10 Å². The van der Waals surface area contributed by atoms with Crippen molar-refractivity contribution in [3.8, 4) is 22.7 Å². The van der Waals surface area contributed by atoms with Crippen LogP contribution in [0, 0.1) is 11.6 Å². The van der Waals surface area contributed by atoms with Gasteiger partial charge in [0.15, 0.2) is 17.3 Å². The van der Waals surface area contributed by atoms with Gasteiger partial charge in [-0.05, 0) is 48.0 Å². The van der Waals surface area contributed by atoms with Gasteiger partial charge in [0.1, 0.15) is 11.6 Å². The zero-order chi connectivity index (χ0) is 23.7. The van der Waals surface area contributed by atoms with Crippen molar-refractivity contribution in [3.05, 3.63) is 84.2 Å². The Hall–Kier alpha value is -4.60. The summed E-state index contributed by atoms with van der Waals surface area (Å²) in [6.07, 6.45) is 3.38. The highest BCUT2D eigenvalue weighted by molar-refractivity contribution is 5.99. The Kier molecular flexibility index (Phi) is 5.46. The van der Waals surface area contributed by atoms with Crippen LogP contribution in [-0.2, 0) is 6.54 Å². The molecule has 0 spiro atoms. The third kappa shape index (κ3) is 3.85. The summed E-state index contributed by atoms with van der Waals surface area (Å²) in [5.41, 5.74) is 8.29. The van der Waals surface area contributed by atoms with Crippen LogP contribution in [0.4, 0.5) is 20.5 Å². The van der Waals surface area contributed by atoms with E-state index in [2.05, 4.69) is 25.4 Å². The average Bonchev–Trinajstić information content (AvgIpc) is 3.21. The van der Waals surface area contributed by atoms with E-state index in [0.717, 1.165) is 11.6 Å². The molecule has 5 aromatic rings. The molecule has 34 heavy (non-hydrogen) atoms. The highest BCUT2D eigenvalue weighted by Crippen LogP contribution is 2.34. The van der Waals surface area contributed by atoms with Gasteiger partial charge in [0.05, 0.1) is 23.9 Å². The average molecular weight is 459 g/mol. The number of halogens is 2. The zero-order valence-electron chi connectivity index (χ0n) is 18.0. The Morgan fingerprint density at radius 3 is 2.59 bits per heavy atom. The standard InChI is InChI=1S/C24H19F2N7O/c1-34-16-9-7-15(8-10-16)33-22(27)19-21(17-5-2-6-18(25)20(17)26)30-24(31-23(19)32-33)29-13-14-4-3-11-28-12-14/h2-12H,13,27H2,1H3,(H,29,31,32). The highest BCUT2D eigenvalue weighted by Gasteiger charge is 2.22. The first-order chi connectivity index (χ1) is 16.5. The first-order valence-corrected chi connectivity index (χ1v) is 10.3. The number of pyridine rings is 1. The minimum atomic E-state index is -1.03. The summed E-state index contributed by atoms with van der Waals surface area (Å²) in [5.74, 6) is -0.970. The molecule has 0 radical (unpaired) electrons. The summed E-state index contributed by atoms with van der Waals surface area (Å²) in [4.78, 5) is 13.0. The van der Waals surface area contributed by atoms with E-state index in [9.17, 15) is 8.78 Å². The van der Waals surface area contributed by atoms with E-state index in [1.807, 2.05) is 12.1 Å². The van der Waals surface area contributed by atoms with Gasteiger partial charge in [-0.3, -0.25) is 4.98 Å². The van der Waals surface area contributed by atoms with Crippen LogP contribution in [0.25, 0.3) is 28.0 Å². The van der Waals surface area contributed by atoms with Crippen molar-refractivity contribution in [2.75, 3.05) is 18.2 Å². The highest BCUT2D eigenvalue weighted by atomic mass is 19.2. The molecule has 10 heteroatoms. The molecule has 0 atom stereocenters. The van der Waals surface area contributed by atoms with Gasteiger partial charge in [-0.1, -0.05) is 12.1 Å². The minimum absolute atomic E-state index is 0.0437. The molecule has 0 aliphatic carbocycles. The summed E-state index contributed by atoms with van der Waals surface area (Å²) in [6.45, 7) is 0.374. The Labute approximate surface area is 193 Å². The molecule has 0 fully saturated rings. The Morgan fingerprint density at radius 1 is 1.03 bits per heavy atom. The number of hydrogen-bond donors (Lipinski definition) is 2. The predicted octanol–water partition coefficient (Wildman–Crippen LogP) is 4.36. The van der Waals surface area contributed by atoms with Crippen LogP contribution in [-0.4, -0.2) is 31.8 Å². The van der Waals surface area contributed by atoms with Crippen molar-refractivity contribution < 1.29 is 13.5 Å². The van der Waals surface area contributed by atoms with Crippen LogP contribution in [0.15, 0.2) is 67.0 Å². The van der Waals surface area contributed by atoms with E-state index in [0.29, 0.717) is 23.4 Å². The van der Waals surface area contributed by atoms with Crippen LogP contribution in [0.1, 0.15) is 5.56 Å². The Bertz CT molecular complexity index is 1470. The summed E-state index contributed by atoms with van der Waals surface area (Å²) >= 11 is 0. The molecular formula is C24H19F2N7O. The van der Waals surface area contributed by atoms with Crippen molar-refractivity contribution in [1.82, 2.24) is 24.7 Å². The van der Waals surface area contributed by atoms with E-state index in [1.165, 1.54) is 16.8 Å². The van der Waals surface area contributed by atoms with E-state index >= 15 is 0 Å². The van der Waals surface area contributed by atoms with Crippen molar-refractivity contribution in [3.63, 3.8) is 0 Å².